The summed E-state index contributed by atoms with van der Waals surface area (Å²) in [6.45, 7) is 10.3. The van der Waals surface area contributed by atoms with Crippen molar-refractivity contribution in [1.82, 2.24) is 4.90 Å². The van der Waals surface area contributed by atoms with Crippen LogP contribution in [0.5, 0.6) is 0 Å². The third kappa shape index (κ3) is 2.36. The van der Waals surface area contributed by atoms with E-state index < -0.39 is 11.8 Å². The molecule has 0 bridgehead atoms. The second-order valence-corrected chi connectivity index (χ2v) is 6.50. The van der Waals surface area contributed by atoms with E-state index in [0.717, 1.165) is 12.8 Å². The van der Waals surface area contributed by atoms with Crippen LogP contribution in [0.3, 0.4) is 0 Å². The highest BCUT2D eigenvalue weighted by Crippen LogP contribution is 2.45. The van der Waals surface area contributed by atoms with Gasteiger partial charge in [0.2, 0.25) is 0 Å². The number of nitrogens with zero attached hydrogens (tertiary/aromatic N) is 1. The van der Waals surface area contributed by atoms with E-state index in [1.165, 1.54) is 0 Å². The summed E-state index contributed by atoms with van der Waals surface area (Å²) >= 11 is 0. The van der Waals surface area contributed by atoms with Crippen molar-refractivity contribution in [2.45, 2.75) is 76.7 Å². The van der Waals surface area contributed by atoms with Crippen LogP contribution in [0.2, 0.25) is 0 Å². The minimum Gasteiger partial charge on any atom is -0.396 e. The van der Waals surface area contributed by atoms with Crippen LogP contribution < -0.4 is 5.73 Å². The van der Waals surface area contributed by atoms with Gasteiger partial charge in [-0.05, 0) is 53.9 Å². The maximum Gasteiger partial charge on any atom is 0.105 e. The van der Waals surface area contributed by atoms with Gasteiger partial charge in [0.25, 0.3) is 0 Å². The maximum atomic E-state index is 10.1. The first-order chi connectivity index (χ1) is 7.58. The van der Waals surface area contributed by atoms with Crippen molar-refractivity contribution in [3.05, 3.63) is 0 Å². The van der Waals surface area contributed by atoms with Gasteiger partial charge in [0.1, 0.15) is 6.23 Å². The largest absolute Gasteiger partial charge is 0.396 e. The Labute approximate surface area is 105 Å². The highest BCUT2D eigenvalue weighted by atomic mass is 16.3. The van der Waals surface area contributed by atoms with Gasteiger partial charge in [-0.2, -0.15) is 0 Å². The van der Waals surface area contributed by atoms with Crippen LogP contribution in [0.1, 0.15) is 53.9 Å². The van der Waals surface area contributed by atoms with Crippen molar-refractivity contribution in [2.24, 2.45) is 5.73 Å². The lowest BCUT2D eigenvalue weighted by atomic mass is 9.66. The molecule has 0 radical (unpaired) electrons. The topological polar surface area (TPSA) is 69.7 Å². The lowest BCUT2D eigenvalue weighted by Gasteiger charge is -2.62. The molecule has 0 amide bonds. The molecule has 4 nitrogen and oxygen atoms in total. The first kappa shape index (κ1) is 14.9. The van der Waals surface area contributed by atoms with Crippen molar-refractivity contribution in [2.75, 3.05) is 6.61 Å². The minimum atomic E-state index is -0.540. The standard InChI is InChI=1S/C13H28N2O2/c1-10(17)15-11(2,3)6-7-13(14,8-9-16)12(15,4)5/h10,16-17H,6-9,14H2,1-5H3. The molecular weight excluding hydrogens is 216 g/mol. The van der Waals surface area contributed by atoms with Gasteiger partial charge in [0.05, 0.1) is 0 Å². The smallest absolute Gasteiger partial charge is 0.105 e. The quantitative estimate of drug-likeness (QED) is 0.694. The maximum absolute atomic E-state index is 10.1. The van der Waals surface area contributed by atoms with Gasteiger partial charge in [-0.25, -0.2) is 0 Å². The fourth-order valence-electron chi connectivity index (χ4n) is 3.56. The van der Waals surface area contributed by atoms with Gasteiger partial charge < -0.3 is 15.9 Å². The first-order valence-corrected chi connectivity index (χ1v) is 6.46. The predicted octanol–water partition coefficient (Wildman–Crippen LogP) is 1.06. The highest BCUT2D eigenvalue weighted by Gasteiger charge is 2.54. The molecule has 1 aliphatic heterocycles. The van der Waals surface area contributed by atoms with E-state index in [0.29, 0.717) is 6.42 Å². The molecule has 0 saturated carbocycles. The highest BCUT2D eigenvalue weighted by molar-refractivity contribution is 5.12. The average Bonchev–Trinajstić information content (AvgIpc) is 2.11. The molecule has 1 fully saturated rings. The van der Waals surface area contributed by atoms with Gasteiger partial charge in [-0.15, -0.1) is 0 Å². The molecule has 0 aromatic heterocycles. The molecule has 1 aliphatic rings. The van der Waals surface area contributed by atoms with Crippen LogP contribution >= 0.6 is 0 Å². The summed E-state index contributed by atoms with van der Waals surface area (Å²) in [4.78, 5) is 2.08. The number of rotatable bonds is 3. The molecule has 1 heterocycles. The lowest BCUT2D eigenvalue weighted by molar-refractivity contribution is -0.162. The van der Waals surface area contributed by atoms with E-state index in [9.17, 15) is 10.2 Å². The van der Waals surface area contributed by atoms with E-state index >= 15 is 0 Å². The molecule has 0 aliphatic carbocycles. The van der Waals surface area contributed by atoms with Crippen molar-refractivity contribution in [3.8, 4) is 0 Å². The zero-order chi connectivity index (χ0) is 13.5. The van der Waals surface area contributed by atoms with E-state index in [2.05, 4.69) is 32.6 Å². The summed E-state index contributed by atoms with van der Waals surface area (Å²) in [5, 5.41) is 19.3. The SMILES string of the molecule is CC(O)N1C(C)(C)CCC(N)(CCO)C1(C)C. The van der Waals surface area contributed by atoms with Crippen LogP contribution in [-0.2, 0) is 0 Å². The zero-order valence-corrected chi connectivity index (χ0v) is 11.8. The predicted molar refractivity (Wildman–Crippen MR) is 69.5 cm³/mol. The summed E-state index contributed by atoms with van der Waals surface area (Å²) in [5.74, 6) is 0. The summed E-state index contributed by atoms with van der Waals surface area (Å²) in [7, 11) is 0. The van der Waals surface area contributed by atoms with Gasteiger partial charge in [0, 0.05) is 23.2 Å². The number of hydrogen-bond donors (Lipinski definition) is 3. The molecule has 1 saturated heterocycles. The monoisotopic (exact) mass is 244 g/mol. The fraction of sp³-hybridized carbons (Fsp3) is 1.00. The van der Waals surface area contributed by atoms with E-state index in [1.54, 1.807) is 6.92 Å². The molecule has 102 valence electrons. The summed E-state index contributed by atoms with van der Waals surface area (Å²) in [5.41, 5.74) is 5.62. The number of nitrogens with two attached hydrogens (primary N) is 1. The molecule has 2 unspecified atom stereocenters. The van der Waals surface area contributed by atoms with Gasteiger partial charge >= 0.3 is 0 Å². The van der Waals surface area contributed by atoms with Gasteiger partial charge in [-0.3, -0.25) is 4.90 Å². The normalized spacial score (nSPS) is 34.6. The van der Waals surface area contributed by atoms with Gasteiger partial charge in [0.15, 0.2) is 0 Å². The van der Waals surface area contributed by atoms with Crippen molar-refractivity contribution in [3.63, 3.8) is 0 Å². The molecule has 0 aromatic rings. The van der Waals surface area contributed by atoms with Crippen LogP contribution in [0, 0.1) is 0 Å². The van der Waals surface area contributed by atoms with Gasteiger partial charge in [-0.1, -0.05) is 0 Å². The Hall–Kier alpha value is -0.160. The van der Waals surface area contributed by atoms with Crippen LogP contribution in [0.4, 0.5) is 0 Å². The molecular formula is C13H28N2O2. The number of aliphatic hydroxyl groups is 2. The Bertz CT molecular complexity index is 277. The Kier molecular flexibility index (Phi) is 3.94. The molecule has 0 aromatic carbocycles. The molecule has 17 heavy (non-hydrogen) atoms. The number of piperidine rings is 1. The first-order valence-electron chi connectivity index (χ1n) is 6.46. The van der Waals surface area contributed by atoms with Crippen LogP contribution in [-0.4, -0.2) is 44.6 Å². The number of likely N-dealkylation sites (tertiary alicyclic amines) is 1. The summed E-state index contributed by atoms with van der Waals surface area (Å²) < 4.78 is 0. The van der Waals surface area contributed by atoms with Crippen molar-refractivity contribution in [1.29, 1.82) is 0 Å². The molecule has 4 N–H and O–H groups in total. The molecule has 1 rings (SSSR count). The Morgan fingerprint density at radius 1 is 1.24 bits per heavy atom. The third-order valence-electron chi connectivity index (χ3n) is 4.59. The number of hydrogen-bond acceptors (Lipinski definition) is 4. The molecule has 2 atom stereocenters. The van der Waals surface area contributed by atoms with Crippen molar-refractivity contribution >= 4 is 0 Å². The van der Waals surface area contributed by atoms with Crippen LogP contribution in [0.15, 0.2) is 0 Å². The van der Waals surface area contributed by atoms with Crippen LogP contribution in [0.25, 0.3) is 0 Å². The zero-order valence-electron chi connectivity index (χ0n) is 11.8. The summed E-state index contributed by atoms with van der Waals surface area (Å²) in [6, 6.07) is 0. The number of aliphatic hydroxyl groups excluding tert-OH is 2. The molecule has 4 heteroatoms. The van der Waals surface area contributed by atoms with E-state index in [1.807, 2.05) is 0 Å². The second kappa shape index (κ2) is 4.50. The lowest BCUT2D eigenvalue weighted by Crippen LogP contribution is -2.75. The minimum absolute atomic E-state index is 0.0734. The molecule has 0 spiro atoms. The Balaban J connectivity index is 3.13. The third-order valence-corrected chi connectivity index (χ3v) is 4.59. The van der Waals surface area contributed by atoms with E-state index in [-0.39, 0.29) is 17.7 Å². The second-order valence-electron chi connectivity index (χ2n) is 6.50. The summed E-state index contributed by atoms with van der Waals surface area (Å²) in [6.07, 6.45) is 1.83. The fourth-order valence-corrected chi connectivity index (χ4v) is 3.56. The van der Waals surface area contributed by atoms with E-state index in [4.69, 9.17) is 5.73 Å². The Morgan fingerprint density at radius 3 is 2.18 bits per heavy atom. The average molecular weight is 244 g/mol. The Morgan fingerprint density at radius 2 is 1.76 bits per heavy atom. The van der Waals surface area contributed by atoms with Crippen molar-refractivity contribution < 1.29 is 10.2 Å².